The average molecular weight is 275 g/mol. The van der Waals surface area contributed by atoms with E-state index in [2.05, 4.69) is 5.10 Å². The third-order valence-electron chi connectivity index (χ3n) is 3.23. The van der Waals surface area contributed by atoms with Gasteiger partial charge in [-0.15, -0.1) is 0 Å². The van der Waals surface area contributed by atoms with Gasteiger partial charge in [0.05, 0.1) is 41.5 Å². The molecule has 1 aliphatic rings. The molecule has 20 heavy (non-hydrogen) atoms. The zero-order valence-electron chi connectivity index (χ0n) is 10.6. The van der Waals surface area contributed by atoms with Gasteiger partial charge in [0.25, 0.3) is 11.8 Å². The summed E-state index contributed by atoms with van der Waals surface area (Å²) in [6, 6.07) is 1.71. The Labute approximate surface area is 113 Å². The normalized spacial score (nSPS) is 15.8. The number of carbonyl (C=O) groups excluding carboxylic acids is 2. The summed E-state index contributed by atoms with van der Waals surface area (Å²) in [6.45, 7) is 1.01. The molecule has 0 radical (unpaired) electrons. The van der Waals surface area contributed by atoms with E-state index in [1.165, 1.54) is 10.7 Å². The molecule has 2 amide bonds. The number of hydrogen-bond acceptors (Lipinski definition) is 5. The van der Waals surface area contributed by atoms with Crippen LogP contribution in [0.15, 0.2) is 18.5 Å². The Morgan fingerprint density at radius 3 is 2.95 bits per heavy atom. The topological polar surface area (TPSA) is 116 Å². The summed E-state index contributed by atoms with van der Waals surface area (Å²) in [5.74, 6) is -0.761. The Morgan fingerprint density at radius 1 is 1.45 bits per heavy atom. The molecule has 3 heterocycles. The summed E-state index contributed by atoms with van der Waals surface area (Å²) < 4.78 is 6.60. The molecule has 0 bridgehead atoms. The number of carbonyl (C=O) groups is 2. The fourth-order valence-corrected chi connectivity index (χ4v) is 2.20. The summed E-state index contributed by atoms with van der Waals surface area (Å²) in [5, 5.41) is 4.07. The molecule has 1 saturated heterocycles. The van der Waals surface area contributed by atoms with Gasteiger partial charge >= 0.3 is 0 Å². The van der Waals surface area contributed by atoms with Crippen molar-refractivity contribution in [2.45, 2.75) is 0 Å². The van der Waals surface area contributed by atoms with Crippen LogP contribution in [0.25, 0.3) is 5.52 Å². The number of amides is 2. The van der Waals surface area contributed by atoms with Crippen LogP contribution in [-0.4, -0.2) is 41.2 Å². The van der Waals surface area contributed by atoms with Crippen molar-refractivity contribution in [3.8, 4) is 0 Å². The smallest absolute Gasteiger partial charge is 0.253 e. The standard InChI is InChI=1S/C12H13N5O3/c13-11-8(12(14)19)4-15-17-5-7(3-9(11)17)16-1-2-20-6-10(16)18/h3-5H,1-2,6,13H2,(H2,14,19). The third-order valence-corrected chi connectivity index (χ3v) is 3.23. The first-order chi connectivity index (χ1) is 9.58. The molecule has 0 unspecified atom stereocenters. The number of nitrogens with two attached hydrogens (primary N) is 2. The van der Waals surface area contributed by atoms with Crippen LogP contribution in [0.1, 0.15) is 10.4 Å². The Morgan fingerprint density at radius 2 is 2.25 bits per heavy atom. The molecule has 8 heteroatoms. The van der Waals surface area contributed by atoms with Crippen molar-refractivity contribution in [1.82, 2.24) is 9.61 Å². The SMILES string of the molecule is NC(=O)c1cnn2cc(N3CCOCC3=O)cc2c1N. The van der Waals surface area contributed by atoms with Crippen molar-refractivity contribution in [3.05, 3.63) is 24.0 Å². The van der Waals surface area contributed by atoms with Crippen molar-refractivity contribution in [2.24, 2.45) is 5.73 Å². The van der Waals surface area contributed by atoms with Gasteiger partial charge in [-0.25, -0.2) is 4.52 Å². The molecule has 0 spiro atoms. The highest BCUT2D eigenvalue weighted by molar-refractivity contribution is 6.02. The van der Waals surface area contributed by atoms with E-state index >= 15 is 0 Å². The van der Waals surface area contributed by atoms with Crippen LogP contribution in [0, 0.1) is 0 Å². The summed E-state index contributed by atoms with van der Waals surface area (Å²) in [4.78, 5) is 24.6. The van der Waals surface area contributed by atoms with Crippen LogP contribution in [0.3, 0.4) is 0 Å². The van der Waals surface area contributed by atoms with E-state index in [1.807, 2.05) is 0 Å². The Balaban J connectivity index is 2.08. The number of anilines is 2. The summed E-state index contributed by atoms with van der Waals surface area (Å²) >= 11 is 0. The zero-order valence-corrected chi connectivity index (χ0v) is 10.6. The van der Waals surface area contributed by atoms with Crippen LogP contribution >= 0.6 is 0 Å². The molecule has 0 saturated carbocycles. The average Bonchev–Trinajstić information content (AvgIpc) is 2.84. The van der Waals surface area contributed by atoms with Crippen LogP contribution in [0.2, 0.25) is 0 Å². The van der Waals surface area contributed by atoms with E-state index in [9.17, 15) is 9.59 Å². The maximum Gasteiger partial charge on any atom is 0.253 e. The lowest BCUT2D eigenvalue weighted by atomic mass is 10.2. The second-order valence-electron chi connectivity index (χ2n) is 4.46. The fraction of sp³-hybridized carbons (Fsp3) is 0.250. The number of ether oxygens (including phenoxy) is 1. The third kappa shape index (κ3) is 1.86. The van der Waals surface area contributed by atoms with Gasteiger partial charge in [-0.1, -0.05) is 0 Å². The molecule has 2 aromatic heterocycles. The minimum atomic E-state index is -0.636. The Bertz CT molecular complexity index is 708. The molecule has 8 nitrogen and oxygen atoms in total. The quantitative estimate of drug-likeness (QED) is 0.757. The van der Waals surface area contributed by atoms with Gasteiger partial charge < -0.3 is 21.1 Å². The lowest BCUT2D eigenvalue weighted by Gasteiger charge is -2.25. The highest BCUT2D eigenvalue weighted by Crippen LogP contribution is 2.25. The largest absolute Gasteiger partial charge is 0.396 e. The molecular weight excluding hydrogens is 262 g/mol. The number of rotatable bonds is 2. The Hall–Kier alpha value is -2.61. The van der Waals surface area contributed by atoms with E-state index < -0.39 is 5.91 Å². The van der Waals surface area contributed by atoms with Crippen LogP contribution in [-0.2, 0) is 9.53 Å². The molecule has 2 aromatic rings. The second kappa shape index (κ2) is 4.49. The summed E-state index contributed by atoms with van der Waals surface area (Å²) in [5.41, 5.74) is 12.8. The van der Waals surface area contributed by atoms with Gasteiger partial charge in [0.1, 0.15) is 6.61 Å². The van der Waals surface area contributed by atoms with E-state index in [-0.39, 0.29) is 23.8 Å². The molecule has 1 fully saturated rings. The monoisotopic (exact) mass is 275 g/mol. The number of hydrogen-bond donors (Lipinski definition) is 2. The van der Waals surface area contributed by atoms with E-state index in [4.69, 9.17) is 16.2 Å². The fourth-order valence-electron chi connectivity index (χ4n) is 2.20. The van der Waals surface area contributed by atoms with E-state index in [1.54, 1.807) is 17.2 Å². The van der Waals surface area contributed by atoms with Crippen molar-refractivity contribution < 1.29 is 14.3 Å². The molecule has 0 atom stereocenters. The van der Waals surface area contributed by atoms with Crippen LogP contribution in [0.4, 0.5) is 11.4 Å². The van der Waals surface area contributed by atoms with Gasteiger partial charge in [0.15, 0.2) is 0 Å². The van der Waals surface area contributed by atoms with E-state index in [0.717, 1.165) is 0 Å². The van der Waals surface area contributed by atoms with Crippen LogP contribution < -0.4 is 16.4 Å². The van der Waals surface area contributed by atoms with Gasteiger partial charge in [-0.3, -0.25) is 9.59 Å². The predicted octanol–water partition coefficient (Wildman–Crippen LogP) is -0.621. The van der Waals surface area contributed by atoms with Crippen LogP contribution in [0.5, 0.6) is 0 Å². The maximum absolute atomic E-state index is 11.8. The lowest BCUT2D eigenvalue weighted by molar-refractivity contribution is -0.125. The predicted molar refractivity (Wildman–Crippen MR) is 71.3 cm³/mol. The number of fused-ring (bicyclic) bond motifs is 1. The first-order valence-electron chi connectivity index (χ1n) is 6.02. The minimum Gasteiger partial charge on any atom is -0.396 e. The van der Waals surface area contributed by atoms with Gasteiger partial charge in [0.2, 0.25) is 0 Å². The second-order valence-corrected chi connectivity index (χ2v) is 4.46. The number of aromatic nitrogens is 2. The van der Waals surface area contributed by atoms with Crippen molar-refractivity contribution in [1.29, 1.82) is 0 Å². The Kier molecular flexibility index (Phi) is 2.79. The molecule has 4 N–H and O–H groups in total. The van der Waals surface area contributed by atoms with Crippen molar-refractivity contribution in [2.75, 3.05) is 30.4 Å². The van der Waals surface area contributed by atoms with Gasteiger partial charge in [-0.2, -0.15) is 5.10 Å². The summed E-state index contributed by atoms with van der Waals surface area (Å²) in [6.07, 6.45) is 3.00. The first kappa shape index (κ1) is 12.4. The zero-order chi connectivity index (χ0) is 14.3. The summed E-state index contributed by atoms with van der Waals surface area (Å²) in [7, 11) is 0. The van der Waals surface area contributed by atoms with E-state index in [0.29, 0.717) is 24.4 Å². The molecule has 0 aromatic carbocycles. The van der Waals surface area contributed by atoms with Crippen molar-refractivity contribution >= 4 is 28.7 Å². The number of primary amides is 1. The number of nitrogen functional groups attached to an aromatic ring is 1. The molecular formula is C12H13N5O3. The highest BCUT2D eigenvalue weighted by atomic mass is 16.5. The first-order valence-corrected chi connectivity index (χ1v) is 6.02. The van der Waals surface area contributed by atoms with Gasteiger partial charge in [0, 0.05) is 6.54 Å². The van der Waals surface area contributed by atoms with Gasteiger partial charge in [-0.05, 0) is 6.07 Å². The number of morpholine rings is 1. The van der Waals surface area contributed by atoms with Crippen molar-refractivity contribution in [3.63, 3.8) is 0 Å². The molecule has 104 valence electrons. The maximum atomic E-state index is 11.8. The minimum absolute atomic E-state index is 0.0572. The lowest BCUT2D eigenvalue weighted by Crippen LogP contribution is -2.41. The highest BCUT2D eigenvalue weighted by Gasteiger charge is 2.22. The number of nitrogens with zero attached hydrogens (tertiary/aromatic N) is 3. The molecule has 1 aliphatic heterocycles. The molecule has 3 rings (SSSR count). The molecule has 0 aliphatic carbocycles.